The van der Waals surface area contributed by atoms with Gasteiger partial charge in [0.2, 0.25) is 0 Å². The molecule has 25 heavy (non-hydrogen) atoms. The molecule has 146 valence electrons. The fraction of sp³-hybridized carbons (Fsp3) is 0.889. The number of nitrogens with two attached hydrogens (primary N) is 1. The molecule has 1 fully saturated rings. The van der Waals surface area contributed by atoms with Crippen LogP contribution in [0.4, 0.5) is 4.39 Å². The lowest BCUT2D eigenvalue weighted by molar-refractivity contribution is -0.147. The number of hydrogen-bond acceptors (Lipinski definition) is 5. The van der Waals surface area contributed by atoms with E-state index >= 15 is 4.39 Å². The summed E-state index contributed by atoms with van der Waals surface area (Å²) in [4.78, 5) is 12.2. The summed E-state index contributed by atoms with van der Waals surface area (Å²) < 4.78 is 20.6. The molecule has 4 N–H and O–H groups in total. The normalized spacial score (nSPS) is 26.3. The summed E-state index contributed by atoms with van der Waals surface area (Å²) in [6.07, 6.45) is 4.67. The van der Waals surface area contributed by atoms with Crippen LogP contribution in [-0.2, 0) is 9.53 Å². The van der Waals surface area contributed by atoms with Crippen molar-refractivity contribution in [2.75, 3.05) is 20.2 Å². The Bertz CT molecular complexity index is 431. The Labute approximate surface area is 151 Å². The van der Waals surface area contributed by atoms with E-state index in [-0.39, 0.29) is 12.0 Å². The summed E-state index contributed by atoms with van der Waals surface area (Å²) in [5.41, 5.74) is 7.14. The van der Waals surface area contributed by atoms with Crippen LogP contribution in [0.1, 0.15) is 65.2 Å². The number of rotatable bonds is 7. The number of nitrogens with zero attached hydrogens (tertiary/aromatic N) is 1. The lowest BCUT2D eigenvalue weighted by Crippen LogP contribution is -2.40. The molecule has 1 aliphatic heterocycles. The molecule has 0 aromatic rings. The quantitative estimate of drug-likeness (QED) is 0.282. The van der Waals surface area contributed by atoms with E-state index in [0.29, 0.717) is 63.4 Å². The van der Waals surface area contributed by atoms with Crippen molar-refractivity contribution in [3.63, 3.8) is 0 Å². The van der Waals surface area contributed by atoms with Gasteiger partial charge in [-0.25, -0.2) is 4.39 Å². The topological polar surface area (TPSA) is 88.7 Å². The number of nitrogens with one attached hydrogen (secondary N) is 2. The predicted molar refractivity (Wildman–Crippen MR) is 99.0 cm³/mol. The molecule has 0 aromatic carbocycles. The third-order valence-electron chi connectivity index (χ3n) is 4.49. The van der Waals surface area contributed by atoms with Crippen molar-refractivity contribution in [2.45, 2.75) is 76.9 Å². The fourth-order valence-electron chi connectivity index (χ4n) is 3.05. The van der Waals surface area contributed by atoms with E-state index in [2.05, 4.69) is 15.8 Å². The van der Waals surface area contributed by atoms with E-state index < -0.39 is 5.67 Å². The maximum Gasteiger partial charge on any atom is 0.323 e. The van der Waals surface area contributed by atoms with Crippen molar-refractivity contribution in [2.24, 2.45) is 16.8 Å². The van der Waals surface area contributed by atoms with Crippen LogP contribution >= 0.6 is 0 Å². The Morgan fingerprint density at radius 1 is 1.40 bits per heavy atom. The second-order valence-corrected chi connectivity index (χ2v) is 7.36. The monoisotopic (exact) mass is 358 g/mol. The summed E-state index contributed by atoms with van der Waals surface area (Å²) >= 11 is 0. The van der Waals surface area contributed by atoms with Crippen LogP contribution in [0.5, 0.6) is 0 Å². The Morgan fingerprint density at radius 3 is 2.80 bits per heavy atom. The van der Waals surface area contributed by atoms with Gasteiger partial charge in [0, 0.05) is 13.5 Å². The second kappa shape index (κ2) is 11.3. The van der Waals surface area contributed by atoms with Crippen molar-refractivity contribution in [3.8, 4) is 0 Å². The molecule has 0 radical (unpaired) electrons. The van der Waals surface area contributed by atoms with E-state index in [1.54, 1.807) is 7.05 Å². The lowest BCUT2D eigenvalue weighted by Gasteiger charge is -2.28. The van der Waals surface area contributed by atoms with E-state index in [9.17, 15) is 4.79 Å². The molecule has 0 amide bonds. The van der Waals surface area contributed by atoms with Gasteiger partial charge in [-0.15, -0.1) is 0 Å². The van der Waals surface area contributed by atoms with Crippen molar-refractivity contribution >= 4 is 11.8 Å². The largest absolute Gasteiger partial charge is 0.464 e. The highest BCUT2D eigenvalue weighted by Crippen LogP contribution is 2.32. The number of carbonyl (C=O) groups excluding carboxylic acids is 1. The number of hydrazone groups is 1. The smallest absolute Gasteiger partial charge is 0.323 e. The van der Waals surface area contributed by atoms with Crippen molar-refractivity contribution in [1.29, 1.82) is 0 Å². The van der Waals surface area contributed by atoms with Crippen molar-refractivity contribution in [3.05, 3.63) is 0 Å². The molecule has 1 rings (SSSR count). The van der Waals surface area contributed by atoms with Gasteiger partial charge < -0.3 is 21.2 Å². The molecular weight excluding hydrogens is 323 g/mol. The number of esters is 1. The first-order valence-electron chi connectivity index (χ1n) is 9.44. The zero-order valence-corrected chi connectivity index (χ0v) is 15.9. The highest BCUT2D eigenvalue weighted by atomic mass is 19.1. The van der Waals surface area contributed by atoms with Gasteiger partial charge in [-0.3, -0.25) is 4.79 Å². The molecule has 7 heteroatoms. The Hall–Kier alpha value is -1.37. The van der Waals surface area contributed by atoms with Gasteiger partial charge in [-0.1, -0.05) is 13.8 Å². The maximum absolute atomic E-state index is 15.2. The number of alkyl halides is 1. The SMILES string of the molecule is CN/N=C(\N)CC[C@@]1(F)CCCCNC(C(=O)OCC(C)C)CCC1. The first-order chi connectivity index (χ1) is 11.9. The summed E-state index contributed by atoms with van der Waals surface area (Å²) in [6, 6.07) is -0.336. The standard InChI is InChI=1S/C18H35FN4O2/c1-14(2)13-25-17(24)15-7-6-10-18(19,9-4-5-12-22-15)11-8-16(20)23-21-3/h14-15,21-22H,4-13H2,1-3H3,(H2,20,23)/t15?,18-/m1/s1. The number of ether oxygens (including phenoxy) is 1. The van der Waals surface area contributed by atoms with Crippen LogP contribution < -0.4 is 16.5 Å². The minimum Gasteiger partial charge on any atom is -0.464 e. The van der Waals surface area contributed by atoms with Crippen LogP contribution in [0, 0.1) is 5.92 Å². The van der Waals surface area contributed by atoms with Crippen molar-refractivity contribution in [1.82, 2.24) is 10.7 Å². The van der Waals surface area contributed by atoms with Crippen LogP contribution in [0.3, 0.4) is 0 Å². The average Bonchev–Trinajstić information content (AvgIpc) is 2.56. The molecule has 0 spiro atoms. The highest BCUT2D eigenvalue weighted by Gasteiger charge is 2.31. The molecule has 2 atom stereocenters. The predicted octanol–water partition coefficient (Wildman–Crippen LogP) is 2.48. The Balaban J connectivity index is 2.55. The third-order valence-corrected chi connectivity index (χ3v) is 4.49. The van der Waals surface area contributed by atoms with E-state index in [1.807, 2.05) is 13.8 Å². The minimum atomic E-state index is -1.24. The lowest BCUT2D eigenvalue weighted by atomic mass is 9.86. The minimum absolute atomic E-state index is 0.218. The van der Waals surface area contributed by atoms with Crippen LogP contribution in [-0.4, -0.2) is 43.7 Å². The number of halogens is 1. The summed E-state index contributed by atoms with van der Waals surface area (Å²) in [5.74, 6) is 0.518. The molecule has 0 bridgehead atoms. The fourth-order valence-corrected chi connectivity index (χ4v) is 3.05. The van der Waals surface area contributed by atoms with Crippen LogP contribution in [0.2, 0.25) is 0 Å². The number of hydrogen-bond donors (Lipinski definition) is 3. The molecule has 1 unspecified atom stereocenters. The molecule has 0 aliphatic carbocycles. The van der Waals surface area contributed by atoms with Gasteiger partial charge in [0.25, 0.3) is 0 Å². The Morgan fingerprint density at radius 2 is 2.12 bits per heavy atom. The zero-order valence-electron chi connectivity index (χ0n) is 15.9. The average molecular weight is 359 g/mol. The van der Waals surface area contributed by atoms with Gasteiger partial charge in [0.05, 0.1) is 6.61 Å². The van der Waals surface area contributed by atoms with E-state index in [1.165, 1.54) is 0 Å². The van der Waals surface area contributed by atoms with E-state index in [0.717, 1.165) is 12.8 Å². The number of carbonyl (C=O) groups is 1. The van der Waals surface area contributed by atoms with Crippen LogP contribution in [0.25, 0.3) is 0 Å². The summed E-state index contributed by atoms with van der Waals surface area (Å²) in [7, 11) is 1.67. The van der Waals surface area contributed by atoms with Crippen LogP contribution in [0.15, 0.2) is 5.10 Å². The van der Waals surface area contributed by atoms with Gasteiger partial charge in [-0.05, 0) is 57.4 Å². The first-order valence-corrected chi connectivity index (χ1v) is 9.44. The first kappa shape index (κ1) is 21.7. The molecule has 0 saturated carbocycles. The van der Waals surface area contributed by atoms with Gasteiger partial charge in [0.15, 0.2) is 0 Å². The molecule has 1 heterocycles. The van der Waals surface area contributed by atoms with Gasteiger partial charge >= 0.3 is 5.97 Å². The van der Waals surface area contributed by atoms with Gasteiger partial charge in [0.1, 0.15) is 17.5 Å². The third kappa shape index (κ3) is 9.05. The summed E-state index contributed by atoms with van der Waals surface area (Å²) in [5, 5.41) is 7.15. The highest BCUT2D eigenvalue weighted by molar-refractivity contribution is 5.80. The molecule has 1 saturated heterocycles. The molecule has 6 nitrogen and oxygen atoms in total. The van der Waals surface area contributed by atoms with Crippen molar-refractivity contribution < 1.29 is 13.9 Å². The molecule has 0 aromatic heterocycles. The zero-order chi connectivity index (χ0) is 18.7. The summed E-state index contributed by atoms with van der Waals surface area (Å²) in [6.45, 7) is 5.15. The maximum atomic E-state index is 15.2. The number of amidine groups is 1. The Kier molecular flexibility index (Phi) is 9.78. The second-order valence-electron chi connectivity index (χ2n) is 7.36. The van der Waals surface area contributed by atoms with E-state index in [4.69, 9.17) is 10.5 Å². The van der Waals surface area contributed by atoms with Gasteiger partial charge in [-0.2, -0.15) is 5.10 Å². The molecule has 1 aliphatic rings. The molecular formula is C18H35FN4O2.